The predicted molar refractivity (Wildman–Crippen MR) is 298 cm³/mol. The number of likely N-dealkylation sites (N-methyl/N-ethyl adjacent to an activating group) is 1. The highest BCUT2D eigenvalue weighted by atomic mass is 127. The lowest BCUT2D eigenvalue weighted by molar-refractivity contribution is -0.343. The zero-order valence-corrected chi connectivity index (χ0v) is 50.4. The molecule has 4 saturated heterocycles. The van der Waals surface area contributed by atoms with Crippen molar-refractivity contribution in [2.75, 3.05) is 54.5 Å². The number of Topliss-reactive ketones (excluding diaryl/α,β-unsaturated/α-hetero) is 1. The molecule has 1 unspecified atom stereocenters. The summed E-state index contributed by atoms with van der Waals surface area (Å²) in [5.74, 6) is 0.149. The Hall–Kier alpha value is -3.02. The van der Waals surface area contributed by atoms with Crippen LogP contribution in [0.4, 0.5) is 4.79 Å². The average molecular weight is 1290 g/mol. The fourth-order valence-corrected chi connectivity index (χ4v) is 15.7. The van der Waals surface area contributed by atoms with Crippen molar-refractivity contribution in [2.24, 2.45) is 0 Å². The number of carbonyl (C=O) groups excluding carboxylic acids is 3. The van der Waals surface area contributed by atoms with Gasteiger partial charge in [-0.05, 0) is 79.1 Å². The molecule has 2 bridgehead atoms. The molecule has 21 atom stereocenters. The van der Waals surface area contributed by atoms with E-state index in [1.54, 1.807) is 59.1 Å². The minimum atomic E-state index is -1.70. The summed E-state index contributed by atoms with van der Waals surface area (Å²) in [4.78, 5) is 47.8. The standard InChI is InChI=1S/C54H74IN3O21S2/c1-11-56-28-21-72-33(19-31(28)67-6)76-44-39(62)37(23(3)74-51(44)78-48-26-14-12-13-15-27(26)53(66)20-30(60)47(57-52(65)71-10)54(48)32(53)16-17-80-54)58-79-34-18-29(59)46(25(5)73-34)81-49(64)35-22(2)36(55)42(45(70-9)41(35)68-7)77-50-40(63)43(69-8)38(61)24(4)75-50/h12-16,23-25,28-29,31,33-34,37-40,43-44,46-48,50-51,56,58-59,61-63,66H,11,17-21H2,1-10H3,(H,57,65)/t23-,24-,25+,28-,29-,31-,33-,34-,37+,38-,39-,40+,43+,44-,46+,47?,48-,50-,51-,53+,54-/m0/s1. The van der Waals surface area contributed by atoms with Crippen LogP contribution in [0.5, 0.6) is 17.2 Å². The monoisotopic (exact) mass is 1290 g/mol. The molecule has 5 heterocycles. The summed E-state index contributed by atoms with van der Waals surface area (Å²) in [7, 11) is 6.89. The Morgan fingerprint density at radius 1 is 0.864 bits per heavy atom. The number of hydroxylamine groups is 1. The average Bonchev–Trinajstić information content (AvgIpc) is 4.15. The van der Waals surface area contributed by atoms with Crippen LogP contribution >= 0.6 is 46.1 Å². The van der Waals surface area contributed by atoms with E-state index in [0.717, 1.165) is 11.8 Å². The van der Waals surface area contributed by atoms with Gasteiger partial charge in [0.05, 0.1) is 89.7 Å². The number of carbonyl (C=O) groups is 3. The second kappa shape index (κ2) is 25.9. The zero-order chi connectivity index (χ0) is 58.4. The first kappa shape index (κ1) is 62.5. The highest BCUT2D eigenvalue weighted by molar-refractivity contribution is 14.1. The van der Waals surface area contributed by atoms with Crippen LogP contribution in [0.3, 0.4) is 0 Å². The smallest absolute Gasteiger partial charge is 0.407 e. The summed E-state index contributed by atoms with van der Waals surface area (Å²) < 4.78 is 71.9. The van der Waals surface area contributed by atoms with Gasteiger partial charge in [0.15, 0.2) is 36.2 Å². The molecule has 24 nitrogen and oxygen atoms in total. The van der Waals surface area contributed by atoms with E-state index >= 15 is 0 Å². The zero-order valence-electron chi connectivity index (χ0n) is 46.6. The van der Waals surface area contributed by atoms with E-state index in [0.29, 0.717) is 38.1 Å². The Labute approximate surface area is 491 Å². The highest BCUT2D eigenvalue weighted by Gasteiger charge is 2.69. The van der Waals surface area contributed by atoms with Gasteiger partial charge in [0.25, 0.3) is 0 Å². The van der Waals surface area contributed by atoms with Gasteiger partial charge in [-0.1, -0.05) is 49.0 Å². The number of aliphatic hydroxyl groups is 5. The van der Waals surface area contributed by atoms with Gasteiger partial charge in [-0.3, -0.25) is 14.4 Å². The molecule has 1 saturated carbocycles. The molecule has 81 heavy (non-hydrogen) atoms. The molecule has 5 aliphatic heterocycles. The molecule has 5 fully saturated rings. The lowest BCUT2D eigenvalue weighted by atomic mass is 9.59. The van der Waals surface area contributed by atoms with E-state index in [2.05, 4.69) is 16.1 Å². The van der Waals surface area contributed by atoms with Gasteiger partial charge in [0.2, 0.25) is 17.2 Å². The van der Waals surface area contributed by atoms with Gasteiger partial charge in [0.1, 0.15) is 48.3 Å². The quantitative estimate of drug-likeness (QED) is 0.0604. The molecule has 2 aromatic carbocycles. The van der Waals surface area contributed by atoms with E-state index in [1.807, 2.05) is 35.6 Å². The van der Waals surface area contributed by atoms with Gasteiger partial charge in [-0.2, -0.15) is 5.48 Å². The van der Waals surface area contributed by atoms with Gasteiger partial charge < -0.3 is 93.0 Å². The third kappa shape index (κ3) is 11.6. The lowest BCUT2D eigenvalue weighted by Crippen LogP contribution is -2.69. The Morgan fingerprint density at radius 3 is 2.27 bits per heavy atom. The van der Waals surface area contributed by atoms with E-state index in [9.17, 15) is 39.9 Å². The maximum Gasteiger partial charge on any atom is 0.407 e. The minimum absolute atomic E-state index is 0.0377. The molecule has 27 heteroatoms. The first-order chi connectivity index (χ1) is 38.7. The number of ether oxygens (including phenoxy) is 12. The van der Waals surface area contributed by atoms with Gasteiger partial charge in [-0.15, -0.1) is 11.8 Å². The van der Waals surface area contributed by atoms with Gasteiger partial charge >= 0.3 is 6.09 Å². The summed E-state index contributed by atoms with van der Waals surface area (Å²) in [5.41, 5.74) is 3.32. The van der Waals surface area contributed by atoms with Crippen molar-refractivity contribution in [3.05, 3.63) is 61.7 Å². The Kier molecular flexibility index (Phi) is 20.0. The van der Waals surface area contributed by atoms with Crippen molar-refractivity contribution in [2.45, 2.75) is 180 Å². The number of benzene rings is 2. The largest absolute Gasteiger partial charge is 0.492 e. The number of rotatable bonds is 18. The fourth-order valence-electron chi connectivity index (χ4n) is 12.3. The molecule has 2 aliphatic carbocycles. The fraction of sp³-hybridized carbons (Fsp3) is 0.685. The van der Waals surface area contributed by atoms with Crippen LogP contribution in [0.1, 0.15) is 80.1 Å². The number of alkyl carbamates (subject to hydrolysis) is 1. The molecular weight excluding hydrogens is 1220 g/mol. The number of halogens is 1. The minimum Gasteiger partial charge on any atom is -0.492 e. The van der Waals surface area contributed by atoms with Crippen molar-refractivity contribution < 1.29 is 102 Å². The molecule has 1 amide bonds. The van der Waals surface area contributed by atoms with Gasteiger partial charge in [0, 0.05) is 39.2 Å². The number of amides is 1. The van der Waals surface area contributed by atoms with Crippen LogP contribution in [0.15, 0.2) is 35.9 Å². The first-order valence-electron chi connectivity index (χ1n) is 26.9. The van der Waals surface area contributed by atoms with Crippen LogP contribution in [-0.2, 0) is 57.9 Å². The number of methoxy groups -OCH3 is 5. The molecule has 450 valence electrons. The summed E-state index contributed by atoms with van der Waals surface area (Å²) in [6.45, 7) is 9.57. The Bertz CT molecular complexity index is 2630. The maximum absolute atomic E-state index is 14.4. The third-order valence-electron chi connectivity index (χ3n) is 16.4. The van der Waals surface area contributed by atoms with Crippen LogP contribution in [0.25, 0.3) is 0 Å². The van der Waals surface area contributed by atoms with Crippen molar-refractivity contribution in [1.82, 2.24) is 16.1 Å². The van der Waals surface area contributed by atoms with Crippen molar-refractivity contribution in [3.63, 3.8) is 0 Å². The Morgan fingerprint density at radius 2 is 1.59 bits per heavy atom. The molecule has 8 N–H and O–H groups in total. The van der Waals surface area contributed by atoms with E-state index < -0.39 is 131 Å². The van der Waals surface area contributed by atoms with Crippen molar-refractivity contribution in [1.29, 1.82) is 0 Å². The van der Waals surface area contributed by atoms with E-state index in [4.69, 9.17) is 61.7 Å². The van der Waals surface area contributed by atoms with E-state index in [-0.39, 0.29) is 60.8 Å². The molecule has 0 aromatic heterocycles. The van der Waals surface area contributed by atoms with Crippen molar-refractivity contribution in [3.8, 4) is 17.2 Å². The topological polar surface area (TPSA) is 308 Å². The second-order valence-electron chi connectivity index (χ2n) is 21.1. The summed E-state index contributed by atoms with van der Waals surface area (Å²) >= 11 is 4.19. The number of thioether (sulfide) groups is 2. The second-order valence-corrected chi connectivity index (χ2v) is 24.6. The van der Waals surface area contributed by atoms with Crippen LogP contribution in [0.2, 0.25) is 0 Å². The van der Waals surface area contributed by atoms with Crippen LogP contribution < -0.4 is 30.3 Å². The molecule has 0 spiro atoms. The summed E-state index contributed by atoms with van der Waals surface area (Å²) in [6, 6.07) is 4.71. The predicted octanol–water partition coefficient (Wildman–Crippen LogP) is 2.40. The SMILES string of the molecule is CCN[C@H]1CO[C@@H](O[C@@H]2[C@H](O[C@H]3c4ccccc4[C@]4(O)CC(=O)C(NC(=O)OC)[C@]35SCC=C45)O[C@@H](C)[C@@H](NO[C@H]3C[C@H](O)[C@H](SC(=O)c4c(C)c(I)c(O[C@@H]5O[C@@H](C)[C@H](O)[C@@H](OC)[C@H]5O)c(OC)c4OC)[C@@H](C)O3)[C@@H]2O)C[C@@H]1OC. The van der Waals surface area contributed by atoms with Crippen LogP contribution in [0, 0.1) is 10.5 Å². The molecule has 2 aromatic rings. The number of nitrogens with one attached hydrogen (secondary N) is 3. The number of fused-ring (bicyclic) bond motifs is 2. The highest BCUT2D eigenvalue weighted by Crippen LogP contribution is 2.65. The third-order valence-corrected chi connectivity index (χ3v) is 20.5. The van der Waals surface area contributed by atoms with E-state index in [1.165, 1.54) is 40.2 Å². The first-order valence-corrected chi connectivity index (χ1v) is 29.8. The number of aliphatic hydroxyl groups excluding tert-OH is 4. The molecule has 7 aliphatic rings. The summed E-state index contributed by atoms with van der Waals surface area (Å²) in [5, 5.41) is 63.3. The van der Waals surface area contributed by atoms with Crippen LogP contribution in [-0.4, -0.2) is 211 Å². The lowest BCUT2D eigenvalue weighted by Gasteiger charge is -2.57. The normalized spacial score (nSPS) is 39.2. The van der Waals surface area contributed by atoms with Crippen molar-refractivity contribution >= 4 is 63.1 Å². The summed E-state index contributed by atoms with van der Waals surface area (Å²) in [6.07, 6.45) is -15.1. The maximum atomic E-state index is 14.4. The number of ketones is 1. The molecular formula is C54H74IN3O21S2. The van der Waals surface area contributed by atoms with Gasteiger partial charge in [-0.25, -0.2) is 4.79 Å². The number of hydrogen-bond donors (Lipinski definition) is 8. The Balaban J connectivity index is 0.929. The molecule has 0 radical (unpaired) electrons. The molecule has 9 rings (SSSR count). The number of hydrogen-bond acceptors (Lipinski definition) is 25.